The molecule has 1 saturated carbocycles. The second-order valence-corrected chi connectivity index (χ2v) is 7.88. The topological polar surface area (TPSA) is 78.2 Å². The number of anilines is 1. The maximum absolute atomic E-state index is 15.1. The lowest BCUT2D eigenvalue weighted by molar-refractivity contribution is -0.189. The molecule has 34 heavy (non-hydrogen) atoms. The number of benzene rings is 2. The third kappa shape index (κ3) is 4.52. The standard InChI is InChI=1S/C22H19F5N4O3/c1-11(22(25,26)27)34-19-10-18(31-21(33)30(12(2)29-31)13-7-8-13)16(24)9-14(19)20(32)28-17-6-4-3-5-15(17)23/h3-6,9-11,13H,7-8H2,1-2H3,(H,28,32)/t11-/m0/s1. The van der Waals surface area contributed by atoms with Gasteiger partial charge in [-0.05, 0) is 44.9 Å². The maximum Gasteiger partial charge on any atom is 0.425 e. The molecule has 180 valence electrons. The number of aromatic nitrogens is 3. The summed E-state index contributed by atoms with van der Waals surface area (Å²) in [6.07, 6.45) is -5.66. The number of amides is 1. The fourth-order valence-corrected chi connectivity index (χ4v) is 3.38. The van der Waals surface area contributed by atoms with Crippen molar-refractivity contribution in [3.05, 3.63) is 69.9 Å². The van der Waals surface area contributed by atoms with Gasteiger partial charge in [0.2, 0.25) is 0 Å². The van der Waals surface area contributed by atoms with E-state index in [0.29, 0.717) is 23.5 Å². The smallest absolute Gasteiger partial charge is 0.425 e. The summed E-state index contributed by atoms with van der Waals surface area (Å²) in [4.78, 5) is 25.5. The highest BCUT2D eigenvalue weighted by Gasteiger charge is 2.39. The molecule has 0 radical (unpaired) electrons. The molecular formula is C22H19F5N4O3. The molecule has 0 unspecified atom stereocenters. The number of rotatable bonds is 6. The zero-order valence-electron chi connectivity index (χ0n) is 18.0. The zero-order valence-corrected chi connectivity index (χ0v) is 18.0. The van der Waals surface area contributed by atoms with Gasteiger partial charge in [-0.1, -0.05) is 12.1 Å². The fourth-order valence-electron chi connectivity index (χ4n) is 3.38. The van der Waals surface area contributed by atoms with Crippen molar-refractivity contribution < 1.29 is 31.5 Å². The summed E-state index contributed by atoms with van der Waals surface area (Å²) >= 11 is 0. The lowest BCUT2D eigenvalue weighted by atomic mass is 10.1. The first kappa shape index (κ1) is 23.5. The second-order valence-electron chi connectivity index (χ2n) is 7.88. The van der Waals surface area contributed by atoms with Crippen LogP contribution in [0.2, 0.25) is 0 Å². The van der Waals surface area contributed by atoms with Crippen LogP contribution in [0.15, 0.2) is 41.2 Å². The third-order valence-corrected chi connectivity index (χ3v) is 5.30. The molecule has 1 aliphatic rings. The molecule has 1 aliphatic carbocycles. The van der Waals surface area contributed by atoms with E-state index in [0.717, 1.165) is 25.0 Å². The van der Waals surface area contributed by atoms with E-state index in [-0.39, 0.29) is 11.7 Å². The molecule has 1 fully saturated rings. The summed E-state index contributed by atoms with van der Waals surface area (Å²) in [5.74, 6) is -3.35. The number of alkyl halides is 3. The number of aryl methyl sites for hydroxylation is 1. The molecule has 1 N–H and O–H groups in total. The van der Waals surface area contributed by atoms with Crippen molar-refractivity contribution in [1.29, 1.82) is 0 Å². The van der Waals surface area contributed by atoms with Gasteiger partial charge in [0.1, 0.15) is 28.9 Å². The minimum absolute atomic E-state index is 0.0731. The van der Waals surface area contributed by atoms with E-state index < -0.39 is 52.5 Å². The highest BCUT2D eigenvalue weighted by molar-refractivity contribution is 6.06. The molecule has 1 heterocycles. The number of carbonyl (C=O) groups is 1. The minimum Gasteiger partial charge on any atom is -0.480 e. The second kappa shape index (κ2) is 8.58. The van der Waals surface area contributed by atoms with Gasteiger partial charge in [0, 0.05) is 12.1 Å². The molecule has 3 aromatic rings. The first-order chi connectivity index (χ1) is 16.0. The minimum atomic E-state index is -4.80. The van der Waals surface area contributed by atoms with E-state index in [4.69, 9.17) is 4.74 Å². The average Bonchev–Trinajstić information content (AvgIpc) is 3.54. The largest absolute Gasteiger partial charge is 0.480 e. The van der Waals surface area contributed by atoms with Crippen LogP contribution < -0.4 is 15.7 Å². The van der Waals surface area contributed by atoms with Crippen molar-refractivity contribution in [1.82, 2.24) is 14.3 Å². The van der Waals surface area contributed by atoms with Crippen molar-refractivity contribution in [2.75, 3.05) is 5.32 Å². The summed E-state index contributed by atoms with van der Waals surface area (Å²) < 4.78 is 75.5. The van der Waals surface area contributed by atoms with Crippen LogP contribution in [0.4, 0.5) is 27.6 Å². The van der Waals surface area contributed by atoms with E-state index in [1.165, 1.54) is 22.8 Å². The van der Waals surface area contributed by atoms with Crippen LogP contribution in [0.5, 0.6) is 5.75 Å². The summed E-state index contributed by atoms with van der Waals surface area (Å²) in [6, 6.07) is 6.45. The van der Waals surface area contributed by atoms with Gasteiger partial charge in [-0.3, -0.25) is 9.36 Å². The number of carbonyl (C=O) groups excluding carboxylic acids is 1. The van der Waals surface area contributed by atoms with Gasteiger partial charge in [0.05, 0.1) is 11.3 Å². The summed E-state index contributed by atoms with van der Waals surface area (Å²) in [5, 5.41) is 6.21. The van der Waals surface area contributed by atoms with Crippen LogP contribution in [-0.2, 0) is 0 Å². The van der Waals surface area contributed by atoms with E-state index in [9.17, 15) is 27.2 Å². The summed E-state index contributed by atoms with van der Waals surface area (Å²) in [6.45, 7) is 2.26. The van der Waals surface area contributed by atoms with Crippen LogP contribution in [0.1, 0.15) is 42.0 Å². The Balaban J connectivity index is 1.79. The van der Waals surface area contributed by atoms with Gasteiger partial charge in [-0.15, -0.1) is 0 Å². The molecule has 1 aromatic heterocycles. The zero-order chi connectivity index (χ0) is 24.8. The number of para-hydroxylation sites is 1. The molecule has 0 saturated heterocycles. The maximum atomic E-state index is 15.1. The highest BCUT2D eigenvalue weighted by Crippen LogP contribution is 2.35. The number of halogens is 5. The first-order valence-electron chi connectivity index (χ1n) is 10.3. The molecule has 0 aliphatic heterocycles. The van der Waals surface area contributed by atoms with Crippen LogP contribution >= 0.6 is 0 Å². The van der Waals surface area contributed by atoms with E-state index in [1.807, 2.05) is 0 Å². The molecule has 7 nitrogen and oxygen atoms in total. The van der Waals surface area contributed by atoms with E-state index in [2.05, 4.69) is 10.4 Å². The molecule has 1 amide bonds. The summed E-state index contributed by atoms with van der Waals surface area (Å²) in [5.41, 5.74) is -2.04. The monoisotopic (exact) mass is 482 g/mol. The quantitative estimate of drug-likeness (QED) is 0.524. The normalized spacial score (nSPS) is 14.7. The van der Waals surface area contributed by atoms with Crippen molar-refractivity contribution in [3.8, 4) is 11.4 Å². The molecule has 2 aromatic carbocycles. The molecule has 12 heteroatoms. The van der Waals surface area contributed by atoms with Crippen molar-refractivity contribution in [2.45, 2.75) is 45.0 Å². The van der Waals surface area contributed by atoms with Crippen molar-refractivity contribution in [2.24, 2.45) is 0 Å². The van der Waals surface area contributed by atoms with Crippen molar-refractivity contribution >= 4 is 11.6 Å². The Hall–Kier alpha value is -3.70. The number of nitrogens with one attached hydrogen (secondary N) is 1. The van der Waals surface area contributed by atoms with Crippen LogP contribution in [-0.4, -0.2) is 32.5 Å². The molecule has 0 spiro atoms. The number of hydrogen-bond acceptors (Lipinski definition) is 4. The van der Waals surface area contributed by atoms with Gasteiger partial charge in [0.25, 0.3) is 5.91 Å². The first-order valence-corrected chi connectivity index (χ1v) is 10.3. The van der Waals surface area contributed by atoms with Crippen molar-refractivity contribution in [3.63, 3.8) is 0 Å². The average molecular weight is 482 g/mol. The van der Waals surface area contributed by atoms with Gasteiger partial charge in [-0.2, -0.15) is 23.0 Å². The highest BCUT2D eigenvalue weighted by atomic mass is 19.4. The Bertz CT molecular complexity index is 1310. The van der Waals surface area contributed by atoms with Crippen LogP contribution in [0.3, 0.4) is 0 Å². The third-order valence-electron chi connectivity index (χ3n) is 5.30. The van der Waals surface area contributed by atoms with Gasteiger partial charge in [0.15, 0.2) is 6.10 Å². The lowest BCUT2D eigenvalue weighted by Crippen LogP contribution is -2.32. The van der Waals surface area contributed by atoms with E-state index >= 15 is 4.39 Å². The Labute approximate surface area is 189 Å². The fraction of sp³-hybridized carbons (Fsp3) is 0.318. The molecule has 4 rings (SSSR count). The van der Waals surface area contributed by atoms with Gasteiger partial charge >= 0.3 is 11.9 Å². The van der Waals surface area contributed by atoms with Gasteiger partial charge in [-0.25, -0.2) is 13.6 Å². The Morgan fingerprint density at radius 2 is 1.85 bits per heavy atom. The summed E-state index contributed by atoms with van der Waals surface area (Å²) in [7, 11) is 0. The van der Waals surface area contributed by atoms with Crippen LogP contribution in [0.25, 0.3) is 5.69 Å². The Morgan fingerprint density at radius 3 is 2.47 bits per heavy atom. The molecule has 1 atom stereocenters. The lowest BCUT2D eigenvalue weighted by Gasteiger charge is -2.20. The number of hydrogen-bond donors (Lipinski definition) is 1. The van der Waals surface area contributed by atoms with Crippen LogP contribution in [0, 0.1) is 18.6 Å². The predicted molar refractivity (Wildman–Crippen MR) is 111 cm³/mol. The number of ether oxygens (including phenoxy) is 1. The Morgan fingerprint density at radius 1 is 1.18 bits per heavy atom. The predicted octanol–water partition coefficient (Wildman–Crippen LogP) is 4.54. The van der Waals surface area contributed by atoms with E-state index in [1.54, 1.807) is 6.92 Å². The van der Waals surface area contributed by atoms with Gasteiger partial charge < -0.3 is 10.1 Å². The number of nitrogens with zero attached hydrogens (tertiary/aromatic N) is 3. The molecule has 0 bridgehead atoms. The molecular weight excluding hydrogens is 463 g/mol. The SMILES string of the molecule is Cc1nn(-c2cc(O[C@@H](C)C(F)(F)F)c(C(=O)Nc3ccccc3F)cc2F)c(=O)n1C1CC1. The Kier molecular flexibility index (Phi) is 5.92.